The molecule has 200 valence electrons. The van der Waals surface area contributed by atoms with Gasteiger partial charge in [0.2, 0.25) is 5.79 Å². The summed E-state index contributed by atoms with van der Waals surface area (Å²) in [5.41, 5.74) is -0.626. The van der Waals surface area contributed by atoms with Crippen LogP contribution in [0.4, 0.5) is 0 Å². The molecule has 1 heterocycles. The molecule has 0 aromatic carbocycles. The van der Waals surface area contributed by atoms with Crippen LogP contribution in [-0.2, 0) is 33.3 Å². The molecule has 0 spiro atoms. The van der Waals surface area contributed by atoms with Crippen LogP contribution >= 0.6 is 0 Å². The van der Waals surface area contributed by atoms with Crippen molar-refractivity contribution in [3.63, 3.8) is 0 Å². The van der Waals surface area contributed by atoms with Crippen molar-refractivity contribution in [2.45, 2.75) is 96.2 Å². The van der Waals surface area contributed by atoms with Crippen LogP contribution in [0, 0.1) is 5.41 Å². The van der Waals surface area contributed by atoms with E-state index in [-0.39, 0.29) is 19.3 Å². The highest BCUT2D eigenvalue weighted by Gasteiger charge is 2.59. The molecule has 9 nitrogen and oxygen atoms in total. The van der Waals surface area contributed by atoms with E-state index in [9.17, 15) is 24.6 Å². The van der Waals surface area contributed by atoms with Gasteiger partial charge in [-0.3, -0.25) is 9.59 Å². The van der Waals surface area contributed by atoms with Crippen molar-refractivity contribution in [1.82, 2.24) is 0 Å². The van der Waals surface area contributed by atoms with E-state index in [2.05, 4.69) is 6.92 Å². The second-order valence-corrected chi connectivity index (χ2v) is 9.38. The normalized spacial score (nSPS) is 24.9. The third-order valence-electron chi connectivity index (χ3n) is 6.26. The molecule has 0 saturated carbocycles. The number of methoxy groups -OCH3 is 2. The van der Waals surface area contributed by atoms with Gasteiger partial charge in [-0.2, -0.15) is 0 Å². The van der Waals surface area contributed by atoms with Gasteiger partial charge in [0, 0.05) is 31.4 Å². The first-order valence-electron chi connectivity index (χ1n) is 12.2. The average Bonchev–Trinajstić information content (AvgIpc) is 2.83. The maximum absolute atomic E-state index is 12.9. The minimum atomic E-state index is -1.64. The largest absolute Gasteiger partial charge is 0.466 e. The molecule has 0 aromatic heterocycles. The van der Waals surface area contributed by atoms with Crippen LogP contribution in [0.15, 0.2) is 23.8 Å². The number of rotatable bonds is 15. The summed E-state index contributed by atoms with van der Waals surface area (Å²) in [5, 5.41) is 19.4. The molecule has 0 aliphatic carbocycles. The number of hydrogen-bond acceptors (Lipinski definition) is 9. The van der Waals surface area contributed by atoms with Crippen molar-refractivity contribution in [1.29, 1.82) is 0 Å². The van der Waals surface area contributed by atoms with Gasteiger partial charge in [-0.15, -0.1) is 0 Å². The van der Waals surface area contributed by atoms with E-state index >= 15 is 0 Å². The lowest BCUT2D eigenvalue weighted by Gasteiger charge is -2.53. The zero-order valence-electron chi connectivity index (χ0n) is 21.7. The lowest BCUT2D eigenvalue weighted by Crippen LogP contribution is -2.63. The maximum Gasteiger partial charge on any atom is 0.330 e. The first kappa shape index (κ1) is 31.0. The van der Waals surface area contributed by atoms with E-state index in [0.29, 0.717) is 18.3 Å². The Hall–Kier alpha value is -2.07. The summed E-state index contributed by atoms with van der Waals surface area (Å²) in [4.78, 5) is 36.2. The number of esters is 2. The third-order valence-corrected chi connectivity index (χ3v) is 6.26. The van der Waals surface area contributed by atoms with E-state index in [0.717, 1.165) is 25.7 Å². The summed E-state index contributed by atoms with van der Waals surface area (Å²) in [7, 11) is 2.63. The SMILES string of the molecule is CCCCCCCC(=O)O[C@H]1/C(=C/C(=O)OC)C[C@@H](C[C@H](O)CO)O[C@@]1(OC)C(C)(C)/C=C/C=O. The van der Waals surface area contributed by atoms with Crippen LogP contribution in [0.2, 0.25) is 0 Å². The van der Waals surface area contributed by atoms with Crippen LogP contribution < -0.4 is 0 Å². The maximum atomic E-state index is 12.9. The lowest BCUT2D eigenvalue weighted by molar-refractivity contribution is -0.338. The number of carbonyl (C=O) groups excluding carboxylic acids is 3. The molecule has 0 aromatic rings. The van der Waals surface area contributed by atoms with Gasteiger partial charge < -0.3 is 29.2 Å². The average molecular weight is 499 g/mol. The molecule has 1 saturated heterocycles. The second kappa shape index (κ2) is 15.1. The summed E-state index contributed by atoms with van der Waals surface area (Å²) in [6, 6.07) is 0. The Morgan fingerprint density at radius 3 is 2.49 bits per heavy atom. The molecule has 0 bridgehead atoms. The molecule has 0 radical (unpaired) electrons. The Bertz CT molecular complexity index is 743. The lowest BCUT2D eigenvalue weighted by atomic mass is 9.74. The van der Waals surface area contributed by atoms with Gasteiger partial charge >= 0.3 is 11.9 Å². The number of aliphatic hydroxyl groups excluding tert-OH is 2. The molecule has 1 aliphatic rings. The van der Waals surface area contributed by atoms with Gasteiger partial charge in [0.1, 0.15) is 6.29 Å². The van der Waals surface area contributed by atoms with Crippen LogP contribution in [0.1, 0.15) is 72.1 Å². The first-order chi connectivity index (χ1) is 16.6. The van der Waals surface area contributed by atoms with E-state index in [1.54, 1.807) is 19.9 Å². The molecule has 9 heteroatoms. The van der Waals surface area contributed by atoms with Crippen LogP contribution in [0.5, 0.6) is 0 Å². The topological polar surface area (TPSA) is 129 Å². The van der Waals surface area contributed by atoms with Gasteiger partial charge in [-0.1, -0.05) is 52.5 Å². The zero-order valence-corrected chi connectivity index (χ0v) is 21.7. The summed E-state index contributed by atoms with van der Waals surface area (Å²) in [5.74, 6) is -2.74. The molecule has 2 N–H and O–H groups in total. The summed E-state index contributed by atoms with van der Waals surface area (Å²) in [6.07, 6.45) is 7.05. The highest BCUT2D eigenvalue weighted by Crippen LogP contribution is 2.48. The number of aliphatic hydroxyl groups is 2. The fraction of sp³-hybridized carbons (Fsp3) is 0.731. The van der Waals surface area contributed by atoms with Crippen molar-refractivity contribution in [2.75, 3.05) is 20.8 Å². The zero-order chi connectivity index (χ0) is 26.5. The number of ether oxygens (including phenoxy) is 4. The van der Waals surface area contributed by atoms with Gasteiger partial charge in [-0.25, -0.2) is 4.79 Å². The number of allylic oxidation sites excluding steroid dienone is 1. The van der Waals surface area contributed by atoms with E-state index in [4.69, 9.17) is 18.9 Å². The minimum absolute atomic E-state index is 0.0473. The van der Waals surface area contributed by atoms with Gasteiger partial charge in [0.15, 0.2) is 6.10 Å². The highest BCUT2D eigenvalue weighted by molar-refractivity contribution is 5.83. The van der Waals surface area contributed by atoms with Crippen LogP contribution in [0.25, 0.3) is 0 Å². The van der Waals surface area contributed by atoms with Crippen molar-refractivity contribution in [2.24, 2.45) is 5.41 Å². The summed E-state index contributed by atoms with van der Waals surface area (Å²) < 4.78 is 23.0. The van der Waals surface area contributed by atoms with E-state index in [1.165, 1.54) is 26.4 Å². The number of aldehydes is 1. The predicted octanol–water partition coefficient (Wildman–Crippen LogP) is 3.01. The monoisotopic (exact) mass is 498 g/mol. The fourth-order valence-electron chi connectivity index (χ4n) is 4.34. The van der Waals surface area contributed by atoms with Gasteiger partial charge in [-0.05, 0) is 24.5 Å². The first-order valence-corrected chi connectivity index (χ1v) is 12.2. The molecular formula is C26H42O9. The minimum Gasteiger partial charge on any atom is -0.466 e. The Labute approximate surface area is 208 Å². The standard InChI is InChI=1S/C26H42O9/c1-6-7-8-9-10-12-22(30)34-24-19(16-23(31)32-4)15-21(17-20(29)18-28)35-26(24,33-5)25(2,3)13-11-14-27/h11,13-14,16,20-21,24,28-29H,6-10,12,15,17-18H2,1-5H3/b13-11+,19-16+/t20-,21-,24-,26+/m0/s1. The predicted molar refractivity (Wildman–Crippen MR) is 129 cm³/mol. The van der Waals surface area contributed by atoms with Crippen molar-refractivity contribution in [3.05, 3.63) is 23.8 Å². The Balaban J connectivity index is 3.44. The Morgan fingerprint density at radius 1 is 1.23 bits per heavy atom. The smallest absolute Gasteiger partial charge is 0.330 e. The number of carbonyl (C=O) groups is 3. The summed E-state index contributed by atoms with van der Waals surface area (Å²) in [6.45, 7) is 5.15. The number of hydrogen-bond donors (Lipinski definition) is 2. The van der Waals surface area contributed by atoms with Gasteiger partial charge in [0.25, 0.3) is 0 Å². The second-order valence-electron chi connectivity index (χ2n) is 9.38. The molecule has 0 unspecified atom stereocenters. The molecular weight excluding hydrogens is 456 g/mol. The van der Waals surface area contributed by atoms with Gasteiger partial charge in [0.05, 0.1) is 25.9 Å². The van der Waals surface area contributed by atoms with Crippen molar-refractivity contribution >= 4 is 18.2 Å². The van der Waals surface area contributed by atoms with E-state index < -0.39 is 48.1 Å². The molecule has 4 atom stereocenters. The fourth-order valence-corrected chi connectivity index (χ4v) is 4.34. The Kier molecular flexibility index (Phi) is 13.4. The molecule has 1 aliphatic heterocycles. The molecule has 0 amide bonds. The van der Waals surface area contributed by atoms with Crippen LogP contribution in [0.3, 0.4) is 0 Å². The third kappa shape index (κ3) is 8.83. The van der Waals surface area contributed by atoms with E-state index in [1.807, 2.05) is 0 Å². The van der Waals surface area contributed by atoms with Crippen molar-refractivity contribution < 1.29 is 43.5 Å². The number of unbranched alkanes of at least 4 members (excludes halogenated alkanes) is 4. The van der Waals surface area contributed by atoms with Crippen LogP contribution in [-0.4, -0.2) is 73.4 Å². The van der Waals surface area contributed by atoms with Crippen molar-refractivity contribution in [3.8, 4) is 0 Å². The molecule has 35 heavy (non-hydrogen) atoms. The summed E-state index contributed by atoms with van der Waals surface area (Å²) >= 11 is 0. The Morgan fingerprint density at radius 2 is 1.91 bits per heavy atom. The highest BCUT2D eigenvalue weighted by atomic mass is 16.7. The molecule has 1 rings (SSSR count). The quantitative estimate of drug-likeness (QED) is 0.151. The molecule has 1 fully saturated rings.